The Morgan fingerprint density at radius 3 is 2.93 bits per heavy atom. The molecule has 0 bridgehead atoms. The SMILES string of the molecule is Cn1ccc2c(CCCS)cccc21. The van der Waals surface area contributed by atoms with E-state index in [9.17, 15) is 0 Å². The summed E-state index contributed by atoms with van der Waals surface area (Å²) < 4.78 is 2.17. The normalized spacial score (nSPS) is 11.0. The highest BCUT2D eigenvalue weighted by Crippen LogP contribution is 2.20. The molecule has 2 heteroatoms. The van der Waals surface area contributed by atoms with E-state index in [1.165, 1.54) is 16.5 Å². The minimum Gasteiger partial charge on any atom is -0.351 e. The van der Waals surface area contributed by atoms with Crippen LogP contribution >= 0.6 is 12.6 Å². The summed E-state index contributed by atoms with van der Waals surface area (Å²) in [6, 6.07) is 8.71. The zero-order valence-corrected chi connectivity index (χ0v) is 9.30. The molecule has 14 heavy (non-hydrogen) atoms. The van der Waals surface area contributed by atoms with Crippen molar-refractivity contribution in [1.82, 2.24) is 4.57 Å². The molecular weight excluding hydrogens is 190 g/mol. The molecule has 0 spiro atoms. The molecule has 74 valence electrons. The summed E-state index contributed by atoms with van der Waals surface area (Å²) in [7, 11) is 2.09. The van der Waals surface area contributed by atoms with Crippen LogP contribution in [0.15, 0.2) is 30.5 Å². The molecule has 1 aromatic heterocycles. The van der Waals surface area contributed by atoms with Crippen LogP contribution in [-0.4, -0.2) is 10.3 Å². The largest absolute Gasteiger partial charge is 0.351 e. The molecule has 0 saturated heterocycles. The van der Waals surface area contributed by atoms with Crippen molar-refractivity contribution >= 4 is 23.5 Å². The van der Waals surface area contributed by atoms with Crippen molar-refractivity contribution in [2.45, 2.75) is 12.8 Å². The van der Waals surface area contributed by atoms with Crippen molar-refractivity contribution in [3.05, 3.63) is 36.0 Å². The average molecular weight is 205 g/mol. The summed E-state index contributed by atoms with van der Waals surface area (Å²) >= 11 is 4.25. The van der Waals surface area contributed by atoms with E-state index in [-0.39, 0.29) is 0 Å². The molecule has 1 nitrogen and oxygen atoms in total. The van der Waals surface area contributed by atoms with Gasteiger partial charge in [0.2, 0.25) is 0 Å². The van der Waals surface area contributed by atoms with Crippen LogP contribution < -0.4 is 0 Å². The molecule has 2 aromatic rings. The molecule has 1 aromatic carbocycles. The van der Waals surface area contributed by atoms with Gasteiger partial charge in [0.05, 0.1) is 0 Å². The lowest BCUT2D eigenvalue weighted by Gasteiger charge is -2.02. The predicted molar refractivity (Wildman–Crippen MR) is 65.1 cm³/mol. The van der Waals surface area contributed by atoms with Crippen LogP contribution in [0.5, 0.6) is 0 Å². The van der Waals surface area contributed by atoms with Gasteiger partial charge in [-0.05, 0) is 36.3 Å². The fourth-order valence-electron chi connectivity index (χ4n) is 1.85. The molecular formula is C12H15NS. The van der Waals surface area contributed by atoms with Gasteiger partial charge < -0.3 is 4.57 Å². The predicted octanol–water partition coefficient (Wildman–Crippen LogP) is 3.04. The minimum absolute atomic E-state index is 0.962. The number of aromatic nitrogens is 1. The van der Waals surface area contributed by atoms with E-state index in [1.54, 1.807) is 0 Å². The summed E-state index contributed by atoms with van der Waals surface area (Å²) in [5.41, 5.74) is 2.76. The summed E-state index contributed by atoms with van der Waals surface area (Å²) in [5, 5.41) is 1.39. The van der Waals surface area contributed by atoms with E-state index in [4.69, 9.17) is 0 Å². The Labute approximate surface area is 90.1 Å². The summed E-state index contributed by atoms with van der Waals surface area (Å²) in [6.07, 6.45) is 4.40. The first-order valence-corrected chi connectivity index (χ1v) is 5.60. The first-order valence-electron chi connectivity index (χ1n) is 4.96. The Morgan fingerprint density at radius 2 is 2.14 bits per heavy atom. The van der Waals surface area contributed by atoms with Crippen LogP contribution in [0.3, 0.4) is 0 Å². The van der Waals surface area contributed by atoms with Crippen LogP contribution in [0.2, 0.25) is 0 Å². The topological polar surface area (TPSA) is 4.93 Å². The van der Waals surface area contributed by atoms with Gasteiger partial charge in [0, 0.05) is 24.1 Å². The third-order valence-corrected chi connectivity index (χ3v) is 2.94. The summed E-state index contributed by atoms with van der Waals surface area (Å²) in [6.45, 7) is 0. The minimum atomic E-state index is 0.962. The van der Waals surface area contributed by atoms with Gasteiger partial charge in [0.1, 0.15) is 0 Å². The lowest BCUT2D eigenvalue weighted by atomic mass is 10.1. The van der Waals surface area contributed by atoms with Crippen molar-refractivity contribution in [3.63, 3.8) is 0 Å². The van der Waals surface area contributed by atoms with Gasteiger partial charge in [0.25, 0.3) is 0 Å². The first-order chi connectivity index (χ1) is 6.83. The Bertz CT molecular complexity index is 431. The second kappa shape index (κ2) is 4.09. The molecule has 0 aliphatic heterocycles. The van der Waals surface area contributed by atoms with E-state index in [2.05, 4.69) is 54.7 Å². The first kappa shape index (κ1) is 9.66. The number of thiol groups is 1. The number of aryl methyl sites for hydroxylation is 2. The number of fused-ring (bicyclic) bond motifs is 1. The number of hydrogen-bond acceptors (Lipinski definition) is 1. The quantitative estimate of drug-likeness (QED) is 0.735. The lowest BCUT2D eigenvalue weighted by Crippen LogP contribution is -1.89. The molecule has 0 atom stereocenters. The monoisotopic (exact) mass is 205 g/mol. The van der Waals surface area contributed by atoms with Crippen molar-refractivity contribution in [2.75, 3.05) is 5.75 Å². The van der Waals surface area contributed by atoms with Gasteiger partial charge in [-0.3, -0.25) is 0 Å². The Morgan fingerprint density at radius 1 is 1.29 bits per heavy atom. The Balaban J connectivity index is 2.44. The van der Waals surface area contributed by atoms with Crippen LogP contribution in [-0.2, 0) is 13.5 Å². The number of rotatable bonds is 3. The zero-order valence-electron chi connectivity index (χ0n) is 8.40. The lowest BCUT2D eigenvalue weighted by molar-refractivity contribution is 0.941. The molecule has 0 aliphatic carbocycles. The van der Waals surface area contributed by atoms with Crippen LogP contribution in [0.4, 0.5) is 0 Å². The smallest absolute Gasteiger partial charge is 0.0480 e. The maximum absolute atomic E-state index is 4.25. The van der Waals surface area contributed by atoms with E-state index < -0.39 is 0 Å². The van der Waals surface area contributed by atoms with Crippen molar-refractivity contribution < 1.29 is 0 Å². The molecule has 2 rings (SSSR count). The summed E-state index contributed by atoms with van der Waals surface area (Å²) in [5.74, 6) is 0.962. The van der Waals surface area contributed by atoms with E-state index >= 15 is 0 Å². The van der Waals surface area contributed by atoms with Crippen molar-refractivity contribution in [3.8, 4) is 0 Å². The molecule has 1 heterocycles. The highest BCUT2D eigenvalue weighted by atomic mass is 32.1. The number of benzene rings is 1. The Kier molecular flexibility index (Phi) is 2.82. The second-order valence-electron chi connectivity index (χ2n) is 3.60. The van der Waals surface area contributed by atoms with Gasteiger partial charge in [-0.2, -0.15) is 12.6 Å². The highest BCUT2D eigenvalue weighted by Gasteiger charge is 2.02. The second-order valence-corrected chi connectivity index (χ2v) is 4.05. The number of nitrogens with zero attached hydrogens (tertiary/aromatic N) is 1. The standard InChI is InChI=1S/C12H15NS/c1-13-8-7-11-10(5-3-9-14)4-2-6-12(11)13/h2,4,6-8,14H,3,5,9H2,1H3. The van der Waals surface area contributed by atoms with Crippen LogP contribution in [0.25, 0.3) is 10.9 Å². The zero-order chi connectivity index (χ0) is 9.97. The van der Waals surface area contributed by atoms with Gasteiger partial charge in [-0.25, -0.2) is 0 Å². The average Bonchev–Trinajstić information content (AvgIpc) is 2.58. The van der Waals surface area contributed by atoms with Gasteiger partial charge in [-0.15, -0.1) is 0 Å². The van der Waals surface area contributed by atoms with E-state index in [1.807, 2.05) is 0 Å². The molecule has 0 unspecified atom stereocenters. The molecule has 0 fully saturated rings. The molecule has 0 saturated carbocycles. The summed E-state index contributed by atoms with van der Waals surface area (Å²) in [4.78, 5) is 0. The van der Waals surface area contributed by atoms with Crippen molar-refractivity contribution in [2.24, 2.45) is 7.05 Å². The molecule has 0 N–H and O–H groups in total. The van der Waals surface area contributed by atoms with Gasteiger partial charge in [-0.1, -0.05) is 12.1 Å². The molecule has 0 radical (unpaired) electrons. The number of hydrogen-bond donors (Lipinski definition) is 1. The Hall–Kier alpha value is -0.890. The van der Waals surface area contributed by atoms with E-state index in [0.717, 1.165) is 18.6 Å². The van der Waals surface area contributed by atoms with Crippen LogP contribution in [0.1, 0.15) is 12.0 Å². The highest BCUT2D eigenvalue weighted by molar-refractivity contribution is 7.80. The van der Waals surface area contributed by atoms with E-state index in [0.29, 0.717) is 0 Å². The maximum Gasteiger partial charge on any atom is 0.0480 e. The fraction of sp³-hybridized carbons (Fsp3) is 0.333. The third-order valence-electron chi connectivity index (χ3n) is 2.62. The maximum atomic E-state index is 4.25. The van der Waals surface area contributed by atoms with Gasteiger partial charge >= 0.3 is 0 Å². The molecule has 0 amide bonds. The van der Waals surface area contributed by atoms with Crippen molar-refractivity contribution in [1.29, 1.82) is 0 Å². The molecule has 0 aliphatic rings. The fourth-order valence-corrected chi connectivity index (χ4v) is 2.01. The van der Waals surface area contributed by atoms with Crippen LogP contribution in [0, 0.1) is 0 Å². The van der Waals surface area contributed by atoms with Gasteiger partial charge in [0.15, 0.2) is 0 Å². The third kappa shape index (κ3) is 1.67.